The van der Waals surface area contributed by atoms with Crippen LogP contribution in [0.1, 0.15) is 44.9 Å². The van der Waals surface area contributed by atoms with Crippen LogP contribution in [0.5, 0.6) is 0 Å². The molecule has 4 nitrogen and oxygen atoms in total. The van der Waals surface area contributed by atoms with Crippen molar-refractivity contribution in [2.24, 2.45) is 5.92 Å². The van der Waals surface area contributed by atoms with E-state index in [0.717, 1.165) is 32.4 Å². The fraction of sp³-hybridized carbons (Fsp3) is 0.929. The van der Waals surface area contributed by atoms with Gasteiger partial charge in [0.15, 0.2) is 0 Å². The highest BCUT2D eigenvalue weighted by Gasteiger charge is 2.45. The molecule has 0 aromatic carbocycles. The molecule has 1 aliphatic carbocycles. The van der Waals surface area contributed by atoms with Crippen molar-refractivity contribution in [3.8, 4) is 0 Å². The van der Waals surface area contributed by atoms with Gasteiger partial charge in [0.1, 0.15) is 6.04 Å². The van der Waals surface area contributed by atoms with Gasteiger partial charge in [-0.1, -0.05) is 12.8 Å². The Kier molecular flexibility index (Phi) is 3.57. The highest BCUT2D eigenvalue weighted by Crippen LogP contribution is 2.40. The van der Waals surface area contributed by atoms with Crippen LogP contribution in [0.4, 0.5) is 0 Å². The molecule has 1 saturated carbocycles. The summed E-state index contributed by atoms with van der Waals surface area (Å²) >= 11 is 0. The zero-order valence-electron chi connectivity index (χ0n) is 10.9. The number of hydrogen-bond donors (Lipinski definition) is 1. The van der Waals surface area contributed by atoms with Crippen molar-refractivity contribution < 1.29 is 14.6 Å². The molecule has 4 unspecified atom stereocenters. The fourth-order valence-electron chi connectivity index (χ4n) is 4.08. The molecule has 3 rings (SSSR count). The molecular formula is C14H23NO3. The molecule has 4 heteroatoms. The van der Waals surface area contributed by atoms with Gasteiger partial charge in [0.05, 0.1) is 6.10 Å². The minimum atomic E-state index is -0.637. The molecule has 2 heterocycles. The predicted octanol–water partition coefficient (Wildman–Crippen LogP) is 1.88. The maximum Gasteiger partial charge on any atom is 0.320 e. The van der Waals surface area contributed by atoms with Crippen molar-refractivity contribution in [3.05, 3.63) is 0 Å². The molecule has 0 aromatic heterocycles. The third-order valence-corrected chi connectivity index (χ3v) is 4.94. The summed E-state index contributed by atoms with van der Waals surface area (Å²) < 4.78 is 5.69. The van der Waals surface area contributed by atoms with E-state index >= 15 is 0 Å². The molecule has 1 N–H and O–H groups in total. The number of carboxylic acid groups (broad SMARTS) is 1. The van der Waals surface area contributed by atoms with Crippen LogP contribution in [0.25, 0.3) is 0 Å². The van der Waals surface area contributed by atoms with Crippen molar-refractivity contribution in [2.45, 2.75) is 63.1 Å². The molecule has 0 bridgehead atoms. The Morgan fingerprint density at radius 1 is 1.22 bits per heavy atom. The standard InChI is InChI=1S/C14H23NO3/c16-14(17)13-8-10-4-1-2-6-12(10)15(13)9-11-5-3-7-18-11/h10-13H,1-9H2,(H,16,17). The van der Waals surface area contributed by atoms with Crippen LogP contribution in [-0.2, 0) is 9.53 Å². The number of rotatable bonds is 3. The van der Waals surface area contributed by atoms with Crippen LogP contribution in [0.3, 0.4) is 0 Å². The van der Waals surface area contributed by atoms with E-state index in [1.54, 1.807) is 0 Å². The Balaban J connectivity index is 1.71. The van der Waals surface area contributed by atoms with Gasteiger partial charge in [0.2, 0.25) is 0 Å². The molecule has 3 aliphatic rings. The lowest BCUT2D eigenvalue weighted by molar-refractivity contribution is -0.143. The second kappa shape index (κ2) is 5.17. The molecule has 0 radical (unpaired) electrons. The molecule has 0 spiro atoms. The Morgan fingerprint density at radius 3 is 2.78 bits per heavy atom. The van der Waals surface area contributed by atoms with E-state index in [-0.39, 0.29) is 12.1 Å². The Morgan fingerprint density at radius 2 is 2.06 bits per heavy atom. The van der Waals surface area contributed by atoms with Crippen LogP contribution >= 0.6 is 0 Å². The SMILES string of the molecule is O=C(O)C1CC2CCCCC2N1CC1CCCO1. The van der Waals surface area contributed by atoms with Crippen LogP contribution < -0.4 is 0 Å². The predicted molar refractivity (Wildman–Crippen MR) is 67.5 cm³/mol. The summed E-state index contributed by atoms with van der Waals surface area (Å²) in [5.74, 6) is -0.0244. The number of nitrogens with zero attached hydrogens (tertiary/aromatic N) is 1. The Bertz CT molecular complexity index is 314. The topological polar surface area (TPSA) is 49.8 Å². The monoisotopic (exact) mass is 253 g/mol. The van der Waals surface area contributed by atoms with E-state index in [4.69, 9.17) is 4.74 Å². The maximum atomic E-state index is 11.4. The number of hydrogen-bond acceptors (Lipinski definition) is 3. The average molecular weight is 253 g/mol. The van der Waals surface area contributed by atoms with E-state index in [1.807, 2.05) is 0 Å². The number of likely N-dealkylation sites (tertiary alicyclic amines) is 1. The highest BCUT2D eigenvalue weighted by atomic mass is 16.5. The quantitative estimate of drug-likeness (QED) is 0.834. The molecule has 0 aromatic rings. The second-order valence-corrected chi connectivity index (χ2v) is 6.03. The summed E-state index contributed by atoms with van der Waals surface area (Å²) in [5.41, 5.74) is 0. The largest absolute Gasteiger partial charge is 0.480 e. The van der Waals surface area contributed by atoms with E-state index in [0.29, 0.717) is 12.0 Å². The lowest BCUT2D eigenvalue weighted by Gasteiger charge is -2.34. The van der Waals surface area contributed by atoms with Gasteiger partial charge in [-0.25, -0.2) is 0 Å². The number of carboxylic acids is 1. The fourth-order valence-corrected chi connectivity index (χ4v) is 4.08. The lowest BCUT2D eigenvalue weighted by Crippen LogP contribution is -2.45. The summed E-state index contributed by atoms with van der Waals surface area (Å²) in [5, 5.41) is 9.42. The molecule has 18 heavy (non-hydrogen) atoms. The van der Waals surface area contributed by atoms with E-state index in [1.165, 1.54) is 25.7 Å². The summed E-state index contributed by atoms with van der Waals surface area (Å²) in [6, 6.07) is 0.242. The van der Waals surface area contributed by atoms with E-state index < -0.39 is 5.97 Å². The van der Waals surface area contributed by atoms with Gasteiger partial charge in [-0.05, 0) is 38.0 Å². The summed E-state index contributed by atoms with van der Waals surface area (Å²) in [4.78, 5) is 13.7. The third-order valence-electron chi connectivity index (χ3n) is 4.94. The molecule has 2 aliphatic heterocycles. The molecule has 102 valence electrons. The third kappa shape index (κ3) is 2.28. The molecule has 3 fully saturated rings. The van der Waals surface area contributed by atoms with Gasteiger partial charge in [-0.2, -0.15) is 0 Å². The lowest BCUT2D eigenvalue weighted by atomic mass is 9.84. The van der Waals surface area contributed by atoms with Crippen LogP contribution in [-0.4, -0.2) is 47.3 Å². The van der Waals surface area contributed by atoms with E-state index in [2.05, 4.69) is 4.90 Å². The van der Waals surface area contributed by atoms with Gasteiger partial charge in [-0.3, -0.25) is 9.69 Å². The average Bonchev–Trinajstić information content (AvgIpc) is 2.98. The molecule has 4 atom stereocenters. The van der Waals surface area contributed by atoms with Crippen molar-refractivity contribution in [3.63, 3.8) is 0 Å². The van der Waals surface area contributed by atoms with Crippen molar-refractivity contribution >= 4 is 5.97 Å². The van der Waals surface area contributed by atoms with Crippen LogP contribution in [0, 0.1) is 5.92 Å². The molecular weight excluding hydrogens is 230 g/mol. The molecule has 0 amide bonds. The van der Waals surface area contributed by atoms with Crippen molar-refractivity contribution in [1.29, 1.82) is 0 Å². The number of aliphatic carboxylic acids is 1. The number of ether oxygens (including phenoxy) is 1. The van der Waals surface area contributed by atoms with Gasteiger partial charge in [0, 0.05) is 19.2 Å². The minimum Gasteiger partial charge on any atom is -0.480 e. The first-order chi connectivity index (χ1) is 8.75. The van der Waals surface area contributed by atoms with Gasteiger partial charge >= 0.3 is 5.97 Å². The zero-order chi connectivity index (χ0) is 12.5. The van der Waals surface area contributed by atoms with Crippen molar-refractivity contribution in [1.82, 2.24) is 4.90 Å². The number of fused-ring (bicyclic) bond motifs is 1. The van der Waals surface area contributed by atoms with Gasteiger partial charge in [0.25, 0.3) is 0 Å². The van der Waals surface area contributed by atoms with Gasteiger partial charge in [-0.15, -0.1) is 0 Å². The minimum absolute atomic E-state index is 0.262. The second-order valence-electron chi connectivity index (χ2n) is 6.03. The smallest absolute Gasteiger partial charge is 0.320 e. The normalized spacial score (nSPS) is 40.9. The van der Waals surface area contributed by atoms with E-state index in [9.17, 15) is 9.90 Å². The maximum absolute atomic E-state index is 11.4. The Hall–Kier alpha value is -0.610. The van der Waals surface area contributed by atoms with Gasteiger partial charge < -0.3 is 9.84 Å². The zero-order valence-corrected chi connectivity index (χ0v) is 10.9. The summed E-state index contributed by atoms with van der Waals surface area (Å²) in [6.07, 6.45) is 8.29. The first-order valence-corrected chi connectivity index (χ1v) is 7.36. The first-order valence-electron chi connectivity index (χ1n) is 7.36. The number of carbonyl (C=O) groups is 1. The first kappa shape index (κ1) is 12.4. The van der Waals surface area contributed by atoms with Crippen LogP contribution in [0.15, 0.2) is 0 Å². The Labute approximate surface area is 108 Å². The van der Waals surface area contributed by atoms with Crippen LogP contribution in [0.2, 0.25) is 0 Å². The summed E-state index contributed by atoms with van der Waals surface area (Å²) in [6.45, 7) is 1.68. The highest BCUT2D eigenvalue weighted by molar-refractivity contribution is 5.74. The molecule has 2 saturated heterocycles. The summed E-state index contributed by atoms with van der Waals surface area (Å²) in [7, 11) is 0. The van der Waals surface area contributed by atoms with Crippen molar-refractivity contribution in [2.75, 3.05) is 13.2 Å².